The van der Waals surface area contributed by atoms with Gasteiger partial charge in [-0.05, 0) is 31.1 Å². The van der Waals surface area contributed by atoms with E-state index in [1.165, 1.54) is 19.3 Å². The van der Waals surface area contributed by atoms with Crippen LogP contribution in [0.2, 0.25) is 0 Å². The Labute approximate surface area is 74.6 Å². The van der Waals surface area contributed by atoms with Gasteiger partial charge in [0.1, 0.15) is 0 Å². The molecule has 1 rings (SSSR count). The van der Waals surface area contributed by atoms with Crippen molar-refractivity contribution in [3.63, 3.8) is 0 Å². The second-order valence-electron chi connectivity index (χ2n) is 3.79. The van der Waals surface area contributed by atoms with Gasteiger partial charge in [-0.1, -0.05) is 6.92 Å². The Hall–Kier alpha value is 0.210. The Bertz CT molecular complexity index is 115. The van der Waals surface area contributed by atoms with Gasteiger partial charge in [-0.3, -0.25) is 0 Å². The van der Waals surface area contributed by atoms with Crippen LogP contribution < -0.4 is 5.73 Å². The molecule has 0 saturated heterocycles. The average molecular weight is 180 g/mol. The minimum Gasteiger partial charge on any atom is -0.395 e. The Morgan fingerprint density at radius 1 is 1.55 bits per heavy atom. The van der Waals surface area contributed by atoms with E-state index >= 15 is 0 Å². The molecule has 3 heteroatoms. The van der Waals surface area contributed by atoms with Gasteiger partial charge in [0.05, 0.1) is 6.61 Å². The van der Waals surface area contributed by atoms with E-state index in [-0.39, 0.29) is 25.1 Å². The summed E-state index contributed by atoms with van der Waals surface area (Å²) in [5.41, 5.74) is 6.15. The second-order valence-corrected chi connectivity index (χ2v) is 3.79. The van der Waals surface area contributed by atoms with E-state index in [4.69, 9.17) is 10.8 Å². The quantitative estimate of drug-likeness (QED) is 0.684. The zero-order chi connectivity index (χ0) is 7.61. The molecule has 11 heavy (non-hydrogen) atoms. The molecular formula is C8H18ClNO. The molecule has 1 fully saturated rings. The van der Waals surface area contributed by atoms with Gasteiger partial charge in [0.15, 0.2) is 0 Å². The summed E-state index contributed by atoms with van der Waals surface area (Å²) in [5.74, 6) is 0. The number of aliphatic hydroxyl groups excluding tert-OH is 1. The molecule has 1 aliphatic rings. The predicted octanol–water partition coefficient (Wildman–Crippen LogP) is 1.31. The topological polar surface area (TPSA) is 46.2 Å². The van der Waals surface area contributed by atoms with Crippen molar-refractivity contribution < 1.29 is 5.11 Å². The van der Waals surface area contributed by atoms with Crippen LogP contribution in [0.25, 0.3) is 0 Å². The standard InChI is InChI=1S/C8H17NO.ClH/c1-8(4-5-8)3-2-7(9)6-10;/h7,10H,2-6,9H2,1H3;1H. The van der Waals surface area contributed by atoms with E-state index in [9.17, 15) is 0 Å². The number of rotatable bonds is 4. The fraction of sp³-hybridized carbons (Fsp3) is 1.00. The fourth-order valence-corrected chi connectivity index (χ4v) is 1.09. The fourth-order valence-electron chi connectivity index (χ4n) is 1.09. The number of halogens is 1. The van der Waals surface area contributed by atoms with E-state index in [2.05, 4.69) is 6.92 Å². The molecule has 1 aliphatic carbocycles. The minimum atomic E-state index is 0. The van der Waals surface area contributed by atoms with Gasteiger partial charge in [-0.2, -0.15) is 0 Å². The van der Waals surface area contributed by atoms with Gasteiger partial charge < -0.3 is 10.8 Å². The molecular weight excluding hydrogens is 162 g/mol. The molecule has 0 aromatic carbocycles. The Morgan fingerprint density at radius 3 is 2.45 bits per heavy atom. The molecule has 1 unspecified atom stereocenters. The Kier molecular flexibility index (Phi) is 4.37. The average Bonchev–Trinajstić information content (AvgIpc) is 2.64. The van der Waals surface area contributed by atoms with Crippen molar-refractivity contribution in [1.29, 1.82) is 0 Å². The molecule has 0 bridgehead atoms. The molecule has 0 aliphatic heterocycles. The van der Waals surface area contributed by atoms with Crippen molar-refractivity contribution in [2.45, 2.75) is 38.6 Å². The lowest BCUT2D eigenvalue weighted by Crippen LogP contribution is -2.24. The first-order valence-electron chi connectivity index (χ1n) is 4.03. The summed E-state index contributed by atoms with van der Waals surface area (Å²) in [7, 11) is 0. The molecule has 0 radical (unpaired) electrons. The van der Waals surface area contributed by atoms with Crippen molar-refractivity contribution in [3.05, 3.63) is 0 Å². The third kappa shape index (κ3) is 3.94. The molecule has 1 atom stereocenters. The molecule has 0 heterocycles. The minimum absolute atomic E-state index is 0. The zero-order valence-corrected chi connectivity index (χ0v) is 7.86. The Balaban J connectivity index is 0.000001000. The van der Waals surface area contributed by atoms with Gasteiger partial charge in [0.25, 0.3) is 0 Å². The zero-order valence-electron chi connectivity index (χ0n) is 7.05. The lowest BCUT2D eigenvalue weighted by atomic mass is 10.00. The van der Waals surface area contributed by atoms with E-state index < -0.39 is 0 Å². The van der Waals surface area contributed by atoms with Crippen LogP contribution in [0.5, 0.6) is 0 Å². The molecule has 68 valence electrons. The highest BCUT2D eigenvalue weighted by Crippen LogP contribution is 2.48. The maximum Gasteiger partial charge on any atom is 0.0582 e. The summed E-state index contributed by atoms with van der Waals surface area (Å²) in [6, 6.07) is 0.0115. The molecule has 2 nitrogen and oxygen atoms in total. The second kappa shape index (κ2) is 4.29. The smallest absolute Gasteiger partial charge is 0.0582 e. The molecule has 0 aromatic heterocycles. The van der Waals surface area contributed by atoms with Crippen LogP contribution in [0, 0.1) is 5.41 Å². The van der Waals surface area contributed by atoms with E-state index in [0.717, 1.165) is 6.42 Å². The van der Waals surface area contributed by atoms with E-state index in [1.54, 1.807) is 0 Å². The van der Waals surface area contributed by atoms with Crippen LogP contribution >= 0.6 is 12.4 Å². The van der Waals surface area contributed by atoms with Gasteiger partial charge in [0, 0.05) is 6.04 Å². The van der Waals surface area contributed by atoms with Gasteiger partial charge in [-0.25, -0.2) is 0 Å². The van der Waals surface area contributed by atoms with Crippen molar-refractivity contribution in [2.75, 3.05) is 6.61 Å². The third-order valence-electron chi connectivity index (χ3n) is 2.46. The van der Waals surface area contributed by atoms with Crippen LogP contribution in [0.15, 0.2) is 0 Å². The number of hydrogen-bond acceptors (Lipinski definition) is 2. The van der Waals surface area contributed by atoms with Crippen LogP contribution in [0.4, 0.5) is 0 Å². The Morgan fingerprint density at radius 2 is 2.09 bits per heavy atom. The first-order chi connectivity index (χ1) is 4.66. The summed E-state index contributed by atoms with van der Waals surface area (Å²) in [6.45, 7) is 2.42. The highest BCUT2D eigenvalue weighted by Gasteiger charge is 2.36. The van der Waals surface area contributed by atoms with Crippen molar-refractivity contribution in [3.8, 4) is 0 Å². The highest BCUT2D eigenvalue weighted by molar-refractivity contribution is 5.85. The van der Waals surface area contributed by atoms with Gasteiger partial charge >= 0.3 is 0 Å². The first kappa shape index (κ1) is 11.2. The summed E-state index contributed by atoms with van der Waals surface area (Å²) >= 11 is 0. The maximum atomic E-state index is 8.63. The molecule has 0 spiro atoms. The number of aliphatic hydroxyl groups is 1. The van der Waals surface area contributed by atoms with Crippen molar-refractivity contribution in [2.24, 2.45) is 11.1 Å². The van der Waals surface area contributed by atoms with Crippen LogP contribution in [0.3, 0.4) is 0 Å². The largest absolute Gasteiger partial charge is 0.395 e. The normalized spacial score (nSPS) is 22.1. The van der Waals surface area contributed by atoms with Gasteiger partial charge in [0.2, 0.25) is 0 Å². The molecule has 3 N–H and O–H groups in total. The summed E-state index contributed by atoms with van der Waals surface area (Å²) in [4.78, 5) is 0. The summed E-state index contributed by atoms with van der Waals surface area (Å²) in [5, 5.41) is 8.63. The van der Waals surface area contributed by atoms with Crippen LogP contribution in [0.1, 0.15) is 32.6 Å². The molecule has 0 aromatic rings. The predicted molar refractivity (Wildman–Crippen MR) is 48.9 cm³/mol. The van der Waals surface area contributed by atoms with Crippen LogP contribution in [-0.4, -0.2) is 17.8 Å². The summed E-state index contributed by atoms with van der Waals surface area (Å²) < 4.78 is 0. The van der Waals surface area contributed by atoms with Crippen LogP contribution in [-0.2, 0) is 0 Å². The maximum absolute atomic E-state index is 8.63. The van der Waals surface area contributed by atoms with Crippen molar-refractivity contribution >= 4 is 12.4 Å². The van der Waals surface area contributed by atoms with Gasteiger partial charge in [-0.15, -0.1) is 12.4 Å². The van der Waals surface area contributed by atoms with E-state index in [0.29, 0.717) is 5.41 Å². The highest BCUT2D eigenvalue weighted by atomic mass is 35.5. The third-order valence-corrected chi connectivity index (χ3v) is 2.46. The lowest BCUT2D eigenvalue weighted by Gasteiger charge is -2.11. The molecule has 0 amide bonds. The van der Waals surface area contributed by atoms with Crippen molar-refractivity contribution in [1.82, 2.24) is 0 Å². The number of nitrogens with two attached hydrogens (primary N) is 1. The number of hydrogen-bond donors (Lipinski definition) is 2. The van der Waals surface area contributed by atoms with E-state index in [1.807, 2.05) is 0 Å². The monoisotopic (exact) mass is 179 g/mol. The SMILES string of the molecule is CC1(CCC(N)CO)CC1.Cl. The first-order valence-corrected chi connectivity index (χ1v) is 4.03. The molecule has 1 saturated carbocycles. The lowest BCUT2D eigenvalue weighted by molar-refractivity contribution is 0.252. The summed E-state index contributed by atoms with van der Waals surface area (Å²) in [6.07, 6.45) is 4.87.